The predicted molar refractivity (Wildman–Crippen MR) is 76.6 cm³/mol. The average Bonchev–Trinajstić information content (AvgIpc) is 2.53. The number of carbonyl (C=O) groups is 1. The van der Waals surface area contributed by atoms with Gasteiger partial charge in [-0.05, 0) is 17.2 Å². The van der Waals surface area contributed by atoms with Crippen LogP contribution in [0.2, 0.25) is 0 Å². The molecule has 0 spiro atoms. The van der Waals surface area contributed by atoms with Gasteiger partial charge in [-0.1, -0.05) is 30.3 Å². The molecule has 0 atom stereocenters. The van der Waals surface area contributed by atoms with Crippen molar-refractivity contribution in [2.75, 3.05) is 0 Å². The van der Waals surface area contributed by atoms with Gasteiger partial charge in [0.15, 0.2) is 0 Å². The normalized spacial score (nSPS) is 10.1. The van der Waals surface area contributed by atoms with Gasteiger partial charge in [-0.3, -0.25) is 14.9 Å². The Morgan fingerprint density at radius 3 is 2.43 bits per heavy atom. The van der Waals surface area contributed by atoms with Crippen molar-refractivity contribution < 1.29 is 14.8 Å². The maximum absolute atomic E-state index is 11.9. The third kappa shape index (κ3) is 3.87. The van der Waals surface area contributed by atoms with E-state index in [1.807, 2.05) is 0 Å². The molecule has 6 heteroatoms. The van der Waals surface area contributed by atoms with Crippen LogP contribution in [0.4, 0.5) is 5.69 Å². The Kier molecular flexibility index (Phi) is 4.63. The fourth-order valence-corrected chi connectivity index (χ4v) is 1.81. The van der Waals surface area contributed by atoms with Crippen molar-refractivity contribution in [2.24, 2.45) is 0 Å². The molecule has 0 aliphatic carbocycles. The van der Waals surface area contributed by atoms with Crippen LogP contribution in [0.15, 0.2) is 48.5 Å². The molecule has 1 amide bonds. The van der Waals surface area contributed by atoms with Crippen molar-refractivity contribution in [1.82, 2.24) is 5.32 Å². The maximum atomic E-state index is 11.9. The molecule has 0 radical (unpaired) electrons. The molecule has 0 aromatic heterocycles. The summed E-state index contributed by atoms with van der Waals surface area (Å²) in [5.41, 5.74) is 1.81. The monoisotopic (exact) mass is 286 g/mol. The Balaban J connectivity index is 2.00. The van der Waals surface area contributed by atoms with Crippen LogP contribution in [0.5, 0.6) is 0 Å². The first-order chi connectivity index (χ1) is 10.1. The summed E-state index contributed by atoms with van der Waals surface area (Å²) < 4.78 is 0. The van der Waals surface area contributed by atoms with Gasteiger partial charge in [0.2, 0.25) is 0 Å². The molecule has 6 nitrogen and oxygen atoms in total. The van der Waals surface area contributed by atoms with Crippen LogP contribution in [-0.4, -0.2) is 15.9 Å². The molecule has 0 bridgehead atoms. The number of amides is 1. The molecule has 2 aromatic rings. The van der Waals surface area contributed by atoms with Crippen LogP contribution in [0.3, 0.4) is 0 Å². The van der Waals surface area contributed by atoms with Gasteiger partial charge in [0.25, 0.3) is 11.6 Å². The number of benzene rings is 2. The number of aliphatic hydroxyl groups excluding tert-OH is 1. The van der Waals surface area contributed by atoms with E-state index < -0.39 is 4.92 Å². The summed E-state index contributed by atoms with van der Waals surface area (Å²) in [6.07, 6.45) is 0. The highest BCUT2D eigenvalue weighted by Crippen LogP contribution is 2.13. The number of non-ortho nitro benzene ring substituents is 1. The van der Waals surface area contributed by atoms with E-state index in [9.17, 15) is 14.9 Å². The Morgan fingerprint density at radius 1 is 1.14 bits per heavy atom. The SMILES string of the molecule is O=C(NCc1ccc(CO)cc1)c1cccc([N+](=O)[O-])c1. The van der Waals surface area contributed by atoms with Gasteiger partial charge in [-0.2, -0.15) is 0 Å². The van der Waals surface area contributed by atoms with Crippen LogP contribution in [0.25, 0.3) is 0 Å². The highest BCUT2D eigenvalue weighted by Gasteiger charge is 2.11. The van der Waals surface area contributed by atoms with E-state index in [0.29, 0.717) is 6.54 Å². The fourth-order valence-electron chi connectivity index (χ4n) is 1.81. The summed E-state index contributed by atoms with van der Waals surface area (Å²) in [7, 11) is 0. The summed E-state index contributed by atoms with van der Waals surface area (Å²) >= 11 is 0. The van der Waals surface area contributed by atoms with Crippen molar-refractivity contribution in [3.05, 3.63) is 75.3 Å². The highest BCUT2D eigenvalue weighted by molar-refractivity contribution is 5.94. The fraction of sp³-hybridized carbons (Fsp3) is 0.133. The van der Waals surface area contributed by atoms with Gasteiger partial charge >= 0.3 is 0 Å². The van der Waals surface area contributed by atoms with Crippen molar-refractivity contribution in [2.45, 2.75) is 13.2 Å². The molecular weight excluding hydrogens is 272 g/mol. The zero-order valence-corrected chi connectivity index (χ0v) is 11.2. The number of hydrogen-bond acceptors (Lipinski definition) is 4. The molecule has 2 N–H and O–H groups in total. The maximum Gasteiger partial charge on any atom is 0.270 e. The molecule has 2 aromatic carbocycles. The zero-order chi connectivity index (χ0) is 15.2. The molecule has 0 heterocycles. The Labute approximate surface area is 121 Å². The lowest BCUT2D eigenvalue weighted by molar-refractivity contribution is -0.384. The molecule has 2 rings (SSSR count). The van der Waals surface area contributed by atoms with Crippen molar-refractivity contribution in [3.63, 3.8) is 0 Å². The molecule has 0 aliphatic heterocycles. The lowest BCUT2D eigenvalue weighted by atomic mass is 10.1. The molecule has 0 fully saturated rings. The van der Waals surface area contributed by atoms with E-state index in [1.54, 1.807) is 24.3 Å². The minimum atomic E-state index is -0.537. The minimum absolute atomic E-state index is 0.0275. The van der Waals surface area contributed by atoms with Gasteiger partial charge in [0.1, 0.15) is 0 Å². The molecule has 0 unspecified atom stereocenters. The lowest BCUT2D eigenvalue weighted by Gasteiger charge is -2.06. The third-order valence-corrected chi connectivity index (χ3v) is 2.98. The van der Waals surface area contributed by atoms with Crippen LogP contribution >= 0.6 is 0 Å². The van der Waals surface area contributed by atoms with Gasteiger partial charge < -0.3 is 10.4 Å². The van der Waals surface area contributed by atoms with Gasteiger partial charge in [-0.25, -0.2) is 0 Å². The van der Waals surface area contributed by atoms with Crippen molar-refractivity contribution in [1.29, 1.82) is 0 Å². The molecule has 21 heavy (non-hydrogen) atoms. The first-order valence-electron chi connectivity index (χ1n) is 6.31. The second-order valence-electron chi connectivity index (χ2n) is 4.46. The smallest absolute Gasteiger partial charge is 0.270 e. The molecule has 0 saturated heterocycles. The third-order valence-electron chi connectivity index (χ3n) is 2.98. The number of aliphatic hydroxyl groups is 1. The summed E-state index contributed by atoms with van der Waals surface area (Å²) in [4.78, 5) is 22.1. The molecule has 0 saturated carbocycles. The lowest BCUT2D eigenvalue weighted by Crippen LogP contribution is -2.22. The van der Waals surface area contributed by atoms with E-state index in [4.69, 9.17) is 5.11 Å². The number of rotatable bonds is 5. The Bertz CT molecular complexity index is 653. The Hall–Kier alpha value is -2.73. The number of nitro benzene ring substituents is 1. The first kappa shape index (κ1) is 14.7. The quantitative estimate of drug-likeness (QED) is 0.649. The summed E-state index contributed by atoms with van der Waals surface area (Å²) in [6, 6.07) is 12.7. The van der Waals surface area contributed by atoms with Crippen LogP contribution in [-0.2, 0) is 13.2 Å². The second-order valence-corrected chi connectivity index (χ2v) is 4.46. The minimum Gasteiger partial charge on any atom is -0.392 e. The summed E-state index contributed by atoms with van der Waals surface area (Å²) in [6.45, 7) is 0.285. The standard InChI is InChI=1S/C15H14N2O4/c18-10-12-6-4-11(5-7-12)9-16-15(19)13-2-1-3-14(8-13)17(20)21/h1-8,18H,9-10H2,(H,16,19). The molecule has 0 aliphatic rings. The van der Waals surface area contributed by atoms with Crippen molar-refractivity contribution >= 4 is 11.6 Å². The summed E-state index contributed by atoms with van der Waals surface area (Å²) in [5.74, 6) is -0.370. The van der Waals surface area contributed by atoms with Crippen LogP contribution in [0.1, 0.15) is 21.5 Å². The van der Waals surface area contributed by atoms with Crippen molar-refractivity contribution in [3.8, 4) is 0 Å². The number of nitro groups is 1. The average molecular weight is 286 g/mol. The number of carbonyl (C=O) groups excluding carboxylic acids is 1. The predicted octanol–water partition coefficient (Wildman–Crippen LogP) is 2.02. The van der Waals surface area contributed by atoms with Crippen LogP contribution < -0.4 is 5.32 Å². The highest BCUT2D eigenvalue weighted by atomic mass is 16.6. The molecule has 108 valence electrons. The van der Waals surface area contributed by atoms with Gasteiger partial charge in [0.05, 0.1) is 11.5 Å². The molecular formula is C15H14N2O4. The van der Waals surface area contributed by atoms with Gasteiger partial charge in [-0.15, -0.1) is 0 Å². The first-order valence-corrected chi connectivity index (χ1v) is 6.31. The Morgan fingerprint density at radius 2 is 1.81 bits per heavy atom. The van der Waals surface area contributed by atoms with Gasteiger partial charge in [0, 0.05) is 24.2 Å². The van der Waals surface area contributed by atoms with E-state index in [0.717, 1.165) is 11.1 Å². The summed E-state index contributed by atoms with van der Waals surface area (Å²) in [5, 5.41) is 22.3. The number of nitrogens with one attached hydrogen (secondary N) is 1. The largest absolute Gasteiger partial charge is 0.392 e. The van der Waals surface area contributed by atoms with Crippen LogP contribution in [0, 0.1) is 10.1 Å². The second kappa shape index (κ2) is 6.62. The van der Waals surface area contributed by atoms with E-state index in [1.165, 1.54) is 24.3 Å². The van der Waals surface area contributed by atoms with E-state index in [-0.39, 0.29) is 23.8 Å². The number of hydrogen-bond donors (Lipinski definition) is 2. The topological polar surface area (TPSA) is 92.5 Å². The zero-order valence-electron chi connectivity index (χ0n) is 11.2. The number of nitrogens with zero attached hydrogens (tertiary/aromatic N) is 1. The van der Waals surface area contributed by atoms with E-state index in [2.05, 4.69) is 5.32 Å². The van der Waals surface area contributed by atoms with E-state index >= 15 is 0 Å².